The van der Waals surface area contributed by atoms with E-state index in [4.69, 9.17) is 9.15 Å². The van der Waals surface area contributed by atoms with E-state index in [1.165, 1.54) is 4.57 Å². The van der Waals surface area contributed by atoms with Crippen LogP contribution in [0.5, 0.6) is 5.75 Å². The number of hydrogen-bond acceptors (Lipinski definition) is 5. The van der Waals surface area contributed by atoms with Gasteiger partial charge in [0.2, 0.25) is 5.91 Å². The highest BCUT2D eigenvalue weighted by molar-refractivity contribution is 5.79. The number of fused-ring (bicyclic) bond motifs is 1. The SMILES string of the molecule is O=C(Cn1c(=O)oc2ccccc21)N(Cc1ccccc1O)CC1CCCO1. The predicted octanol–water partition coefficient (Wildman–Crippen LogP) is 2.51. The highest BCUT2D eigenvalue weighted by atomic mass is 16.5. The molecule has 7 nitrogen and oxygen atoms in total. The second-order valence-corrected chi connectivity index (χ2v) is 6.96. The molecular formula is C21H22N2O5. The average Bonchev–Trinajstić information content (AvgIpc) is 3.31. The van der Waals surface area contributed by atoms with Gasteiger partial charge in [-0.3, -0.25) is 9.36 Å². The summed E-state index contributed by atoms with van der Waals surface area (Å²) < 4.78 is 12.2. The van der Waals surface area contributed by atoms with Gasteiger partial charge in [-0.1, -0.05) is 30.3 Å². The van der Waals surface area contributed by atoms with Crippen LogP contribution in [0.25, 0.3) is 11.1 Å². The largest absolute Gasteiger partial charge is 0.508 e. The van der Waals surface area contributed by atoms with Crippen molar-refractivity contribution in [3.05, 3.63) is 64.6 Å². The van der Waals surface area contributed by atoms with E-state index in [1.54, 1.807) is 47.4 Å². The Morgan fingerprint density at radius 2 is 1.96 bits per heavy atom. The molecule has 4 rings (SSSR count). The fraction of sp³-hybridized carbons (Fsp3) is 0.333. The topological polar surface area (TPSA) is 84.9 Å². The van der Waals surface area contributed by atoms with Crippen LogP contribution in [0.3, 0.4) is 0 Å². The number of benzene rings is 2. The van der Waals surface area contributed by atoms with Crippen molar-refractivity contribution in [3.63, 3.8) is 0 Å². The molecule has 1 unspecified atom stereocenters. The average molecular weight is 382 g/mol. The number of carbonyl (C=O) groups excluding carboxylic acids is 1. The molecular weight excluding hydrogens is 360 g/mol. The second kappa shape index (κ2) is 7.90. The van der Waals surface area contributed by atoms with Crippen molar-refractivity contribution in [1.82, 2.24) is 9.47 Å². The van der Waals surface area contributed by atoms with E-state index in [2.05, 4.69) is 0 Å². The van der Waals surface area contributed by atoms with Crippen molar-refractivity contribution < 1.29 is 19.1 Å². The fourth-order valence-electron chi connectivity index (χ4n) is 3.54. The van der Waals surface area contributed by atoms with E-state index in [1.807, 2.05) is 6.07 Å². The molecule has 1 aliphatic heterocycles. The molecule has 0 saturated carbocycles. The lowest BCUT2D eigenvalue weighted by Crippen LogP contribution is -2.40. The monoisotopic (exact) mass is 382 g/mol. The Bertz CT molecular complexity index is 1030. The first-order valence-electron chi connectivity index (χ1n) is 9.36. The van der Waals surface area contributed by atoms with Crippen LogP contribution in [0, 0.1) is 0 Å². The molecule has 0 spiro atoms. The molecule has 1 atom stereocenters. The fourth-order valence-corrected chi connectivity index (χ4v) is 3.54. The number of nitrogens with zero attached hydrogens (tertiary/aromatic N) is 2. The Hall–Kier alpha value is -3.06. The molecule has 0 bridgehead atoms. The van der Waals surface area contributed by atoms with Crippen molar-refractivity contribution in [2.45, 2.75) is 32.0 Å². The van der Waals surface area contributed by atoms with Gasteiger partial charge in [-0.05, 0) is 31.0 Å². The normalized spacial score (nSPS) is 16.5. The van der Waals surface area contributed by atoms with Crippen LogP contribution in [0.15, 0.2) is 57.7 Å². The number of phenolic OH excluding ortho intramolecular Hbond substituents is 1. The van der Waals surface area contributed by atoms with E-state index in [0.29, 0.717) is 29.8 Å². The number of ether oxygens (including phenoxy) is 1. The molecule has 1 aromatic heterocycles. The maximum absolute atomic E-state index is 13.1. The van der Waals surface area contributed by atoms with Gasteiger partial charge in [0.1, 0.15) is 12.3 Å². The number of carbonyl (C=O) groups is 1. The van der Waals surface area contributed by atoms with E-state index in [9.17, 15) is 14.7 Å². The van der Waals surface area contributed by atoms with Gasteiger partial charge in [-0.2, -0.15) is 0 Å². The van der Waals surface area contributed by atoms with E-state index < -0.39 is 5.76 Å². The van der Waals surface area contributed by atoms with Crippen LogP contribution in [0.1, 0.15) is 18.4 Å². The number of aromatic hydroxyl groups is 1. The minimum atomic E-state index is -0.561. The Morgan fingerprint density at radius 1 is 1.18 bits per heavy atom. The number of para-hydroxylation sites is 3. The lowest BCUT2D eigenvalue weighted by atomic mass is 10.1. The van der Waals surface area contributed by atoms with Gasteiger partial charge in [0.05, 0.1) is 11.6 Å². The summed E-state index contributed by atoms with van der Waals surface area (Å²) in [6.07, 6.45) is 1.82. The quantitative estimate of drug-likeness (QED) is 0.708. The third-order valence-electron chi connectivity index (χ3n) is 5.02. The molecule has 1 aliphatic rings. The molecule has 3 aromatic rings. The first-order valence-corrected chi connectivity index (χ1v) is 9.36. The standard InChI is InChI=1S/C21H22N2O5/c24-18-9-3-1-6-15(18)12-22(13-16-7-5-11-27-16)20(25)14-23-17-8-2-4-10-19(17)28-21(23)26/h1-4,6,8-10,16,24H,5,7,11-14H2. The van der Waals surface area contributed by atoms with Crippen molar-refractivity contribution in [2.24, 2.45) is 0 Å². The number of phenols is 1. The number of amides is 1. The lowest BCUT2D eigenvalue weighted by Gasteiger charge is -2.26. The van der Waals surface area contributed by atoms with Crippen LogP contribution in [0.4, 0.5) is 0 Å². The van der Waals surface area contributed by atoms with E-state index >= 15 is 0 Å². The number of rotatable bonds is 6. The summed E-state index contributed by atoms with van der Waals surface area (Å²) in [4.78, 5) is 26.9. The highest BCUT2D eigenvalue weighted by Crippen LogP contribution is 2.21. The van der Waals surface area contributed by atoms with Gasteiger partial charge in [-0.25, -0.2) is 4.79 Å². The zero-order chi connectivity index (χ0) is 19.5. The predicted molar refractivity (Wildman–Crippen MR) is 103 cm³/mol. The van der Waals surface area contributed by atoms with E-state index in [0.717, 1.165) is 12.8 Å². The molecule has 1 fully saturated rings. The van der Waals surface area contributed by atoms with Crippen molar-refractivity contribution in [1.29, 1.82) is 0 Å². The molecule has 2 aromatic carbocycles. The highest BCUT2D eigenvalue weighted by Gasteiger charge is 2.24. The summed E-state index contributed by atoms with van der Waals surface area (Å²) in [5.41, 5.74) is 1.69. The summed E-state index contributed by atoms with van der Waals surface area (Å²) in [6.45, 7) is 1.22. The molecule has 1 N–H and O–H groups in total. The summed E-state index contributed by atoms with van der Waals surface area (Å²) in [6, 6.07) is 14.0. The summed E-state index contributed by atoms with van der Waals surface area (Å²) in [7, 11) is 0. The van der Waals surface area contributed by atoms with Crippen molar-refractivity contribution in [3.8, 4) is 5.75 Å². The van der Waals surface area contributed by atoms with Crippen LogP contribution in [-0.4, -0.2) is 39.7 Å². The van der Waals surface area contributed by atoms with Crippen LogP contribution >= 0.6 is 0 Å². The molecule has 2 heterocycles. The summed E-state index contributed by atoms with van der Waals surface area (Å²) >= 11 is 0. The Labute approximate surface area is 161 Å². The van der Waals surface area contributed by atoms with Crippen molar-refractivity contribution >= 4 is 17.0 Å². The summed E-state index contributed by atoms with van der Waals surface area (Å²) in [5, 5.41) is 10.1. The van der Waals surface area contributed by atoms with Crippen LogP contribution in [0.2, 0.25) is 0 Å². The first kappa shape index (κ1) is 18.3. The molecule has 0 radical (unpaired) electrons. The smallest absolute Gasteiger partial charge is 0.420 e. The number of aromatic nitrogens is 1. The zero-order valence-electron chi connectivity index (χ0n) is 15.4. The Kier molecular flexibility index (Phi) is 5.16. The lowest BCUT2D eigenvalue weighted by molar-refractivity contribution is -0.134. The minimum Gasteiger partial charge on any atom is -0.508 e. The number of hydrogen-bond donors (Lipinski definition) is 1. The summed E-state index contributed by atoms with van der Waals surface area (Å²) in [5.74, 6) is -0.653. The maximum atomic E-state index is 13.1. The Morgan fingerprint density at radius 3 is 2.75 bits per heavy atom. The van der Waals surface area contributed by atoms with Gasteiger partial charge in [-0.15, -0.1) is 0 Å². The third kappa shape index (κ3) is 3.80. The molecule has 1 amide bonds. The third-order valence-corrected chi connectivity index (χ3v) is 5.02. The first-order chi connectivity index (χ1) is 13.6. The molecule has 146 valence electrons. The van der Waals surface area contributed by atoms with Gasteiger partial charge < -0.3 is 19.2 Å². The zero-order valence-corrected chi connectivity index (χ0v) is 15.4. The molecule has 0 aliphatic carbocycles. The molecule has 7 heteroatoms. The van der Waals surface area contributed by atoms with Gasteiger partial charge in [0.25, 0.3) is 0 Å². The molecule has 28 heavy (non-hydrogen) atoms. The maximum Gasteiger partial charge on any atom is 0.420 e. The number of oxazole rings is 1. The van der Waals surface area contributed by atoms with E-state index in [-0.39, 0.29) is 30.9 Å². The second-order valence-electron chi connectivity index (χ2n) is 6.96. The van der Waals surface area contributed by atoms with Gasteiger partial charge >= 0.3 is 5.76 Å². The van der Waals surface area contributed by atoms with Crippen LogP contribution in [-0.2, 0) is 22.6 Å². The minimum absolute atomic E-state index is 0.0346. The van der Waals surface area contributed by atoms with Crippen LogP contribution < -0.4 is 5.76 Å². The Balaban J connectivity index is 1.59. The van der Waals surface area contributed by atoms with Crippen molar-refractivity contribution in [2.75, 3.05) is 13.2 Å². The van der Waals surface area contributed by atoms with Gasteiger partial charge in [0.15, 0.2) is 5.58 Å². The molecule has 1 saturated heterocycles. The van der Waals surface area contributed by atoms with Gasteiger partial charge in [0, 0.05) is 25.3 Å².